The summed E-state index contributed by atoms with van der Waals surface area (Å²) in [6.45, 7) is 4.45. The number of hydrogen-bond donors (Lipinski definition) is 1. The van der Waals surface area contributed by atoms with E-state index in [9.17, 15) is 4.79 Å². The Kier molecular flexibility index (Phi) is 4.55. The van der Waals surface area contributed by atoms with Gasteiger partial charge in [-0.1, -0.05) is 11.6 Å². The number of carbonyl (C=O) groups is 1. The Morgan fingerprint density at radius 3 is 2.89 bits per heavy atom. The molecule has 2 aromatic rings. The molecule has 7 heteroatoms. The van der Waals surface area contributed by atoms with Crippen LogP contribution in [0.5, 0.6) is 0 Å². The summed E-state index contributed by atoms with van der Waals surface area (Å²) in [6.07, 6.45) is 0.743. The van der Waals surface area contributed by atoms with Crippen molar-refractivity contribution in [3.8, 4) is 0 Å². The summed E-state index contributed by atoms with van der Waals surface area (Å²) in [5.41, 5.74) is 4.34. The van der Waals surface area contributed by atoms with E-state index in [1.165, 1.54) is 0 Å². The van der Waals surface area contributed by atoms with Gasteiger partial charge in [0.25, 0.3) is 0 Å². The molecule has 2 heterocycles. The monoisotopic (exact) mass is 298 g/mol. The highest BCUT2D eigenvalue weighted by Crippen LogP contribution is 2.18. The van der Waals surface area contributed by atoms with Crippen LogP contribution in [-0.2, 0) is 17.8 Å². The number of nitrogens with zero attached hydrogens (tertiary/aromatic N) is 3. The largest absolute Gasteiger partial charge is 0.354 e. The zero-order valence-electron chi connectivity index (χ0n) is 10.8. The Morgan fingerprint density at radius 1 is 1.53 bits per heavy atom. The van der Waals surface area contributed by atoms with Crippen LogP contribution < -0.4 is 5.32 Å². The first kappa shape index (κ1) is 14.0. The SMILES string of the molecule is Cc1nn(CC(=O)NCCc2cscn2)c(C)c1Cl. The van der Waals surface area contributed by atoms with Crippen LogP contribution in [0.25, 0.3) is 0 Å². The van der Waals surface area contributed by atoms with Crippen molar-refractivity contribution in [3.05, 3.63) is 33.0 Å². The Balaban J connectivity index is 1.82. The van der Waals surface area contributed by atoms with Gasteiger partial charge in [0.15, 0.2) is 0 Å². The van der Waals surface area contributed by atoms with Gasteiger partial charge in [-0.25, -0.2) is 4.98 Å². The highest BCUT2D eigenvalue weighted by atomic mass is 35.5. The van der Waals surface area contributed by atoms with E-state index in [2.05, 4.69) is 15.4 Å². The Bertz CT molecular complexity index is 565. The molecule has 5 nitrogen and oxygen atoms in total. The minimum atomic E-state index is -0.0718. The summed E-state index contributed by atoms with van der Waals surface area (Å²) in [5.74, 6) is -0.0718. The fraction of sp³-hybridized carbons (Fsp3) is 0.417. The van der Waals surface area contributed by atoms with E-state index in [-0.39, 0.29) is 12.5 Å². The number of aromatic nitrogens is 3. The molecular formula is C12H15ClN4OS. The zero-order valence-corrected chi connectivity index (χ0v) is 12.4. The standard InChI is InChI=1S/C12H15ClN4OS/c1-8-12(13)9(2)17(16-8)5-11(18)14-4-3-10-6-19-7-15-10/h6-7H,3-5H2,1-2H3,(H,14,18). The van der Waals surface area contributed by atoms with Crippen molar-refractivity contribution in [2.45, 2.75) is 26.8 Å². The summed E-state index contributed by atoms with van der Waals surface area (Å²) in [6, 6.07) is 0. The lowest BCUT2D eigenvalue weighted by atomic mass is 10.3. The molecule has 0 aromatic carbocycles. The number of rotatable bonds is 5. The van der Waals surface area contributed by atoms with Crippen molar-refractivity contribution in [1.29, 1.82) is 0 Å². The van der Waals surface area contributed by atoms with Gasteiger partial charge in [0, 0.05) is 18.3 Å². The van der Waals surface area contributed by atoms with Crippen LogP contribution in [0.1, 0.15) is 17.1 Å². The maximum atomic E-state index is 11.8. The van der Waals surface area contributed by atoms with Crippen molar-refractivity contribution < 1.29 is 4.79 Å². The van der Waals surface area contributed by atoms with Crippen molar-refractivity contribution in [2.24, 2.45) is 0 Å². The third-order valence-electron chi connectivity index (χ3n) is 2.77. The fourth-order valence-corrected chi connectivity index (χ4v) is 2.44. The highest BCUT2D eigenvalue weighted by molar-refractivity contribution is 7.07. The molecule has 0 atom stereocenters. The molecule has 1 N–H and O–H groups in total. The second kappa shape index (κ2) is 6.16. The quantitative estimate of drug-likeness (QED) is 0.918. The van der Waals surface area contributed by atoms with E-state index in [1.54, 1.807) is 21.5 Å². The second-order valence-electron chi connectivity index (χ2n) is 4.22. The lowest BCUT2D eigenvalue weighted by molar-refractivity contribution is -0.121. The van der Waals surface area contributed by atoms with Crippen LogP contribution in [0.15, 0.2) is 10.9 Å². The van der Waals surface area contributed by atoms with Crippen LogP contribution in [0.2, 0.25) is 5.02 Å². The van der Waals surface area contributed by atoms with Crippen LogP contribution >= 0.6 is 22.9 Å². The molecule has 0 saturated heterocycles. The highest BCUT2D eigenvalue weighted by Gasteiger charge is 2.11. The molecule has 0 unspecified atom stereocenters. The van der Waals surface area contributed by atoms with Gasteiger partial charge in [0.05, 0.1) is 27.6 Å². The fourth-order valence-electron chi connectivity index (χ4n) is 1.71. The number of carbonyl (C=O) groups excluding carboxylic acids is 1. The van der Waals surface area contributed by atoms with E-state index < -0.39 is 0 Å². The van der Waals surface area contributed by atoms with Crippen molar-refractivity contribution in [2.75, 3.05) is 6.54 Å². The molecule has 0 spiro atoms. The van der Waals surface area contributed by atoms with Crippen molar-refractivity contribution >= 4 is 28.8 Å². The molecule has 0 fully saturated rings. The van der Waals surface area contributed by atoms with Gasteiger partial charge >= 0.3 is 0 Å². The molecule has 2 rings (SSSR count). The van der Waals surface area contributed by atoms with Gasteiger partial charge in [-0.2, -0.15) is 5.10 Å². The average Bonchev–Trinajstić information content (AvgIpc) is 2.96. The first-order chi connectivity index (χ1) is 9.08. The van der Waals surface area contributed by atoms with E-state index in [1.807, 2.05) is 19.2 Å². The minimum Gasteiger partial charge on any atom is -0.354 e. The molecule has 0 bridgehead atoms. The van der Waals surface area contributed by atoms with E-state index in [4.69, 9.17) is 11.6 Å². The molecule has 0 saturated carbocycles. The van der Waals surface area contributed by atoms with Crippen LogP contribution in [-0.4, -0.2) is 27.2 Å². The van der Waals surface area contributed by atoms with Crippen LogP contribution in [0.4, 0.5) is 0 Å². The Labute approximate surface area is 120 Å². The topological polar surface area (TPSA) is 59.8 Å². The van der Waals surface area contributed by atoms with Crippen molar-refractivity contribution in [1.82, 2.24) is 20.1 Å². The number of nitrogens with one attached hydrogen (secondary N) is 1. The normalized spacial score (nSPS) is 10.7. The lowest BCUT2D eigenvalue weighted by Crippen LogP contribution is -2.30. The first-order valence-corrected chi connectivity index (χ1v) is 7.23. The number of thiazole rings is 1. The van der Waals surface area contributed by atoms with Gasteiger partial charge in [0.1, 0.15) is 6.54 Å². The number of amides is 1. The van der Waals surface area contributed by atoms with E-state index in [0.29, 0.717) is 11.6 Å². The predicted octanol–water partition coefficient (Wildman–Crippen LogP) is 1.97. The third-order valence-corrected chi connectivity index (χ3v) is 3.96. The molecule has 0 aliphatic rings. The minimum absolute atomic E-state index is 0.0718. The van der Waals surface area contributed by atoms with Gasteiger partial charge in [0.2, 0.25) is 5.91 Å². The summed E-state index contributed by atoms with van der Waals surface area (Å²) in [5, 5.41) is 9.67. The van der Waals surface area contributed by atoms with Gasteiger partial charge in [-0.3, -0.25) is 9.48 Å². The van der Waals surface area contributed by atoms with E-state index in [0.717, 1.165) is 23.5 Å². The molecule has 1 amide bonds. The Morgan fingerprint density at radius 2 is 2.32 bits per heavy atom. The van der Waals surface area contributed by atoms with E-state index >= 15 is 0 Å². The number of halogens is 1. The van der Waals surface area contributed by atoms with Crippen LogP contribution in [0, 0.1) is 13.8 Å². The summed E-state index contributed by atoms with van der Waals surface area (Å²) in [7, 11) is 0. The maximum Gasteiger partial charge on any atom is 0.241 e. The van der Waals surface area contributed by atoms with Crippen LogP contribution in [0.3, 0.4) is 0 Å². The lowest BCUT2D eigenvalue weighted by Gasteiger charge is -2.06. The molecule has 0 radical (unpaired) electrons. The van der Waals surface area contributed by atoms with Gasteiger partial charge in [-0.15, -0.1) is 11.3 Å². The zero-order chi connectivity index (χ0) is 13.8. The predicted molar refractivity (Wildman–Crippen MR) is 75.5 cm³/mol. The molecule has 0 aliphatic carbocycles. The Hall–Kier alpha value is -1.40. The summed E-state index contributed by atoms with van der Waals surface area (Å²) >= 11 is 7.59. The molecular weight excluding hydrogens is 284 g/mol. The average molecular weight is 299 g/mol. The van der Waals surface area contributed by atoms with Crippen molar-refractivity contribution in [3.63, 3.8) is 0 Å². The molecule has 2 aromatic heterocycles. The summed E-state index contributed by atoms with van der Waals surface area (Å²) in [4.78, 5) is 15.9. The summed E-state index contributed by atoms with van der Waals surface area (Å²) < 4.78 is 1.62. The molecule has 19 heavy (non-hydrogen) atoms. The molecule has 102 valence electrons. The molecule has 0 aliphatic heterocycles. The second-order valence-corrected chi connectivity index (χ2v) is 5.32. The van der Waals surface area contributed by atoms with Gasteiger partial charge < -0.3 is 5.32 Å². The maximum absolute atomic E-state index is 11.8. The third kappa shape index (κ3) is 3.54. The number of aryl methyl sites for hydroxylation is 1. The first-order valence-electron chi connectivity index (χ1n) is 5.91. The van der Waals surface area contributed by atoms with Gasteiger partial charge in [-0.05, 0) is 13.8 Å². The number of hydrogen-bond acceptors (Lipinski definition) is 4. The smallest absolute Gasteiger partial charge is 0.241 e.